The number of quaternary nitrogens is 1. The third kappa shape index (κ3) is 5.67. The van der Waals surface area contributed by atoms with Crippen molar-refractivity contribution in [2.75, 3.05) is 6.54 Å². The number of nitrogens with one attached hydrogen (secondary N) is 1. The third-order valence-electron chi connectivity index (χ3n) is 4.43. The highest BCUT2D eigenvalue weighted by Crippen LogP contribution is 2.28. The number of aliphatic carboxylic acids is 1. The van der Waals surface area contributed by atoms with Crippen LogP contribution in [0, 0.1) is 17.8 Å². The predicted molar refractivity (Wildman–Crippen MR) is 72.2 cm³/mol. The van der Waals surface area contributed by atoms with E-state index in [1.165, 1.54) is 0 Å². The average molecular weight is 307 g/mol. The van der Waals surface area contributed by atoms with Crippen molar-refractivity contribution in [3.05, 3.63) is 0 Å². The average Bonchev–Trinajstić information content (AvgIpc) is 2.43. The number of halogens is 1. The van der Waals surface area contributed by atoms with Crippen molar-refractivity contribution in [1.29, 1.82) is 0 Å². The predicted octanol–water partition coefficient (Wildman–Crippen LogP) is -2.35. The highest BCUT2D eigenvalue weighted by Gasteiger charge is 2.27. The Morgan fingerprint density at radius 1 is 1.30 bits per heavy atom. The van der Waals surface area contributed by atoms with Crippen LogP contribution in [-0.2, 0) is 9.59 Å². The van der Waals surface area contributed by atoms with Crippen LogP contribution >= 0.6 is 0 Å². The fourth-order valence-corrected chi connectivity index (χ4v) is 2.53. The van der Waals surface area contributed by atoms with Gasteiger partial charge in [-0.25, -0.2) is 0 Å². The minimum Gasteiger partial charge on any atom is -1.00 e. The van der Waals surface area contributed by atoms with E-state index in [1.54, 1.807) is 0 Å². The minimum absolute atomic E-state index is 0. The molecule has 2 atom stereocenters. The largest absolute Gasteiger partial charge is 1.00 e. The lowest BCUT2D eigenvalue weighted by molar-refractivity contribution is -0.415. The van der Waals surface area contributed by atoms with Crippen LogP contribution in [0.15, 0.2) is 0 Å². The SMILES string of the molecule is CCC(C)[C@H]([NH3+])C(=O)NCC1CCC(C(=O)O)CC1.[Cl-]. The number of carboxylic acids is 1. The van der Waals surface area contributed by atoms with Gasteiger partial charge in [0.15, 0.2) is 6.04 Å². The summed E-state index contributed by atoms with van der Waals surface area (Å²) in [5.74, 6) is -0.133. The molecule has 0 aromatic heterocycles. The number of amides is 1. The Bertz CT molecular complexity index is 318. The van der Waals surface area contributed by atoms with Gasteiger partial charge < -0.3 is 28.6 Å². The van der Waals surface area contributed by atoms with E-state index in [9.17, 15) is 9.59 Å². The van der Waals surface area contributed by atoms with Gasteiger partial charge in [-0.1, -0.05) is 13.8 Å². The second-order valence-corrected chi connectivity index (χ2v) is 5.79. The molecular formula is C14H27ClN2O3. The highest BCUT2D eigenvalue weighted by atomic mass is 35.5. The summed E-state index contributed by atoms with van der Waals surface area (Å²) in [4.78, 5) is 22.7. The minimum atomic E-state index is -0.683. The van der Waals surface area contributed by atoms with Gasteiger partial charge in [0.1, 0.15) is 0 Å². The normalized spacial score (nSPS) is 25.1. The molecule has 1 fully saturated rings. The van der Waals surface area contributed by atoms with Gasteiger partial charge in [0.05, 0.1) is 5.92 Å². The van der Waals surface area contributed by atoms with Crippen LogP contribution in [0.4, 0.5) is 0 Å². The Kier molecular flexibility index (Phi) is 8.81. The smallest absolute Gasteiger partial charge is 0.306 e. The molecule has 0 saturated heterocycles. The number of hydrogen-bond acceptors (Lipinski definition) is 2. The van der Waals surface area contributed by atoms with E-state index < -0.39 is 5.97 Å². The number of carbonyl (C=O) groups is 2. The summed E-state index contributed by atoms with van der Waals surface area (Å²) < 4.78 is 0. The molecule has 0 spiro atoms. The molecule has 0 bridgehead atoms. The van der Waals surface area contributed by atoms with E-state index in [0.29, 0.717) is 18.4 Å². The maximum absolute atomic E-state index is 11.9. The summed E-state index contributed by atoms with van der Waals surface area (Å²) in [5.41, 5.74) is 3.92. The summed E-state index contributed by atoms with van der Waals surface area (Å²) in [5, 5.41) is 11.9. The first-order valence-electron chi connectivity index (χ1n) is 7.29. The second-order valence-electron chi connectivity index (χ2n) is 5.79. The molecule has 1 amide bonds. The van der Waals surface area contributed by atoms with Gasteiger partial charge in [0.25, 0.3) is 5.91 Å². The van der Waals surface area contributed by atoms with Gasteiger partial charge in [-0.15, -0.1) is 0 Å². The van der Waals surface area contributed by atoms with Gasteiger partial charge in [-0.2, -0.15) is 0 Å². The molecule has 5 nitrogen and oxygen atoms in total. The molecule has 1 unspecified atom stereocenters. The van der Waals surface area contributed by atoms with Crippen molar-refractivity contribution < 1.29 is 32.8 Å². The maximum Gasteiger partial charge on any atom is 0.306 e. The fourth-order valence-electron chi connectivity index (χ4n) is 2.53. The van der Waals surface area contributed by atoms with Crippen LogP contribution in [0.2, 0.25) is 0 Å². The van der Waals surface area contributed by atoms with Gasteiger partial charge in [0.2, 0.25) is 0 Å². The quantitative estimate of drug-likeness (QED) is 0.513. The summed E-state index contributed by atoms with van der Waals surface area (Å²) in [7, 11) is 0. The first-order chi connectivity index (χ1) is 8.95. The Hall–Kier alpha value is -0.810. The molecule has 0 aliphatic heterocycles. The summed E-state index contributed by atoms with van der Waals surface area (Å²) in [6.07, 6.45) is 4.19. The van der Waals surface area contributed by atoms with Gasteiger partial charge in [-0.3, -0.25) is 9.59 Å². The number of rotatable bonds is 6. The van der Waals surface area contributed by atoms with Crippen LogP contribution in [-0.4, -0.2) is 29.6 Å². The standard InChI is InChI=1S/C14H26N2O3.ClH/c1-3-9(2)12(15)13(17)16-8-10-4-6-11(7-5-10)14(18)19;/h9-12H,3-8,15H2,1-2H3,(H,16,17)(H,18,19);1H/t9?,10?,11?,12-;/m0./s1. The Balaban J connectivity index is 0.00000361. The molecule has 20 heavy (non-hydrogen) atoms. The van der Waals surface area contributed by atoms with Gasteiger partial charge in [-0.05, 0) is 38.0 Å². The van der Waals surface area contributed by atoms with Crippen molar-refractivity contribution in [1.82, 2.24) is 5.32 Å². The first kappa shape index (κ1) is 19.2. The van der Waals surface area contributed by atoms with Crippen molar-refractivity contribution >= 4 is 11.9 Å². The second kappa shape index (κ2) is 9.19. The number of carboxylic acid groups (broad SMARTS) is 1. The lowest BCUT2D eigenvalue weighted by atomic mass is 9.82. The van der Waals surface area contributed by atoms with Crippen molar-refractivity contribution in [2.45, 2.75) is 52.0 Å². The highest BCUT2D eigenvalue weighted by molar-refractivity contribution is 5.80. The van der Waals surface area contributed by atoms with Crippen molar-refractivity contribution in [3.63, 3.8) is 0 Å². The van der Waals surface area contributed by atoms with Crippen LogP contribution in [0.3, 0.4) is 0 Å². The Morgan fingerprint density at radius 2 is 1.85 bits per heavy atom. The van der Waals surface area contributed by atoms with E-state index in [2.05, 4.69) is 18.0 Å². The van der Waals surface area contributed by atoms with E-state index in [-0.39, 0.29) is 30.3 Å². The van der Waals surface area contributed by atoms with E-state index in [4.69, 9.17) is 5.11 Å². The number of carbonyl (C=O) groups excluding carboxylic acids is 1. The molecule has 0 aromatic carbocycles. The first-order valence-corrected chi connectivity index (χ1v) is 7.29. The monoisotopic (exact) mass is 306 g/mol. The molecule has 5 N–H and O–H groups in total. The summed E-state index contributed by atoms with van der Waals surface area (Å²) in [6.45, 7) is 4.76. The van der Waals surface area contributed by atoms with Crippen LogP contribution in [0.1, 0.15) is 46.0 Å². The molecular weight excluding hydrogens is 280 g/mol. The third-order valence-corrected chi connectivity index (χ3v) is 4.43. The van der Waals surface area contributed by atoms with Crippen LogP contribution < -0.4 is 23.5 Å². The lowest BCUT2D eigenvalue weighted by Crippen LogP contribution is -3.00. The molecule has 1 aliphatic rings. The maximum atomic E-state index is 11.9. The van der Waals surface area contributed by atoms with Gasteiger partial charge >= 0.3 is 5.97 Å². The fraction of sp³-hybridized carbons (Fsp3) is 0.857. The summed E-state index contributed by atoms with van der Waals surface area (Å²) >= 11 is 0. The molecule has 1 rings (SSSR count). The zero-order valence-electron chi connectivity index (χ0n) is 12.4. The zero-order chi connectivity index (χ0) is 14.4. The lowest BCUT2D eigenvalue weighted by Gasteiger charge is -2.26. The molecule has 118 valence electrons. The van der Waals surface area contributed by atoms with E-state index >= 15 is 0 Å². The molecule has 1 aliphatic carbocycles. The Morgan fingerprint density at radius 3 is 2.30 bits per heavy atom. The topological polar surface area (TPSA) is 94.0 Å². The van der Waals surface area contributed by atoms with E-state index in [0.717, 1.165) is 32.1 Å². The van der Waals surface area contributed by atoms with Crippen molar-refractivity contribution in [2.24, 2.45) is 17.8 Å². The molecule has 0 heterocycles. The Labute approximate surface area is 127 Å². The molecule has 0 aromatic rings. The molecule has 6 heteroatoms. The molecule has 1 saturated carbocycles. The van der Waals surface area contributed by atoms with Crippen molar-refractivity contribution in [3.8, 4) is 0 Å². The van der Waals surface area contributed by atoms with Crippen LogP contribution in [0.5, 0.6) is 0 Å². The zero-order valence-corrected chi connectivity index (χ0v) is 13.2. The number of hydrogen-bond donors (Lipinski definition) is 3. The summed E-state index contributed by atoms with van der Waals surface area (Å²) in [6, 6.07) is -0.194. The van der Waals surface area contributed by atoms with Crippen LogP contribution in [0.25, 0.3) is 0 Å². The van der Waals surface area contributed by atoms with E-state index in [1.807, 2.05) is 6.92 Å². The molecule has 0 radical (unpaired) electrons. The van der Waals surface area contributed by atoms with Gasteiger partial charge in [0, 0.05) is 12.5 Å².